The van der Waals surface area contributed by atoms with Crippen LogP contribution in [0.4, 0.5) is 0 Å². The average Bonchev–Trinajstić information content (AvgIpc) is 3.19. The molecular formula is C16H25N. The van der Waals surface area contributed by atoms with Crippen LogP contribution in [-0.4, -0.2) is 12.6 Å². The maximum absolute atomic E-state index is 3.70. The fourth-order valence-electron chi connectivity index (χ4n) is 2.70. The predicted molar refractivity (Wildman–Crippen MR) is 74.3 cm³/mol. The van der Waals surface area contributed by atoms with Crippen LogP contribution in [0.3, 0.4) is 0 Å². The molecule has 1 atom stereocenters. The maximum atomic E-state index is 3.70. The van der Waals surface area contributed by atoms with E-state index in [1.807, 2.05) is 0 Å². The summed E-state index contributed by atoms with van der Waals surface area (Å²) in [6.45, 7) is 5.80. The lowest BCUT2D eigenvalue weighted by molar-refractivity contribution is 0.379. The van der Waals surface area contributed by atoms with Gasteiger partial charge in [0.15, 0.2) is 0 Å². The van der Waals surface area contributed by atoms with Crippen molar-refractivity contribution in [2.75, 3.05) is 6.54 Å². The molecule has 0 amide bonds. The molecule has 1 N–H and O–H groups in total. The SMILES string of the molecule is CCC(CC)C(CNC1CC1)c1ccccc1. The smallest absolute Gasteiger partial charge is 0.00684 e. The van der Waals surface area contributed by atoms with Crippen molar-refractivity contribution in [3.05, 3.63) is 35.9 Å². The van der Waals surface area contributed by atoms with E-state index in [4.69, 9.17) is 0 Å². The van der Waals surface area contributed by atoms with Crippen LogP contribution in [0.2, 0.25) is 0 Å². The van der Waals surface area contributed by atoms with Gasteiger partial charge in [0.1, 0.15) is 0 Å². The molecule has 1 heteroatoms. The molecule has 0 spiro atoms. The Morgan fingerprint density at radius 2 is 1.76 bits per heavy atom. The number of nitrogens with one attached hydrogen (secondary N) is 1. The van der Waals surface area contributed by atoms with Crippen LogP contribution in [0.1, 0.15) is 51.0 Å². The zero-order chi connectivity index (χ0) is 12.1. The second-order valence-electron chi connectivity index (χ2n) is 5.28. The minimum absolute atomic E-state index is 0.687. The third kappa shape index (κ3) is 3.57. The largest absolute Gasteiger partial charge is 0.313 e. The molecule has 0 radical (unpaired) electrons. The van der Waals surface area contributed by atoms with Crippen LogP contribution in [0.5, 0.6) is 0 Å². The first kappa shape index (κ1) is 12.6. The summed E-state index contributed by atoms with van der Waals surface area (Å²) in [5, 5.41) is 3.70. The van der Waals surface area contributed by atoms with E-state index in [1.165, 1.54) is 31.2 Å². The standard InChI is InChI=1S/C16H25N/c1-3-13(4-2)16(12-17-15-10-11-15)14-8-6-5-7-9-14/h5-9,13,15-17H,3-4,10-12H2,1-2H3. The predicted octanol–water partition coefficient (Wildman–Crippen LogP) is 3.96. The summed E-state index contributed by atoms with van der Waals surface area (Å²) in [5.41, 5.74) is 1.51. The summed E-state index contributed by atoms with van der Waals surface area (Å²) >= 11 is 0. The van der Waals surface area contributed by atoms with Crippen molar-refractivity contribution < 1.29 is 0 Å². The van der Waals surface area contributed by atoms with Crippen molar-refractivity contribution in [3.63, 3.8) is 0 Å². The van der Waals surface area contributed by atoms with E-state index >= 15 is 0 Å². The van der Waals surface area contributed by atoms with Crippen molar-refractivity contribution in [3.8, 4) is 0 Å². The third-order valence-electron chi connectivity index (χ3n) is 4.05. The third-order valence-corrected chi connectivity index (χ3v) is 4.05. The van der Waals surface area contributed by atoms with Gasteiger partial charge >= 0.3 is 0 Å². The summed E-state index contributed by atoms with van der Waals surface area (Å²) in [6.07, 6.45) is 5.32. The van der Waals surface area contributed by atoms with Gasteiger partial charge in [-0.3, -0.25) is 0 Å². The number of hydrogen-bond acceptors (Lipinski definition) is 1. The van der Waals surface area contributed by atoms with Crippen molar-refractivity contribution in [2.45, 2.75) is 51.5 Å². The normalized spacial score (nSPS) is 17.4. The second-order valence-corrected chi connectivity index (χ2v) is 5.28. The summed E-state index contributed by atoms with van der Waals surface area (Å²) < 4.78 is 0. The second kappa shape index (κ2) is 6.20. The number of hydrogen-bond donors (Lipinski definition) is 1. The van der Waals surface area contributed by atoms with E-state index in [-0.39, 0.29) is 0 Å². The number of rotatable bonds is 7. The quantitative estimate of drug-likeness (QED) is 0.749. The van der Waals surface area contributed by atoms with E-state index in [0.29, 0.717) is 5.92 Å². The van der Waals surface area contributed by atoms with Gasteiger partial charge in [-0.2, -0.15) is 0 Å². The van der Waals surface area contributed by atoms with Crippen LogP contribution in [0.15, 0.2) is 30.3 Å². The van der Waals surface area contributed by atoms with E-state index < -0.39 is 0 Å². The lowest BCUT2D eigenvalue weighted by Gasteiger charge is -2.26. The highest BCUT2D eigenvalue weighted by molar-refractivity contribution is 5.21. The lowest BCUT2D eigenvalue weighted by atomic mass is 9.82. The molecule has 0 saturated heterocycles. The van der Waals surface area contributed by atoms with Crippen LogP contribution in [-0.2, 0) is 0 Å². The maximum Gasteiger partial charge on any atom is 0.00684 e. The fourth-order valence-corrected chi connectivity index (χ4v) is 2.70. The molecule has 1 aliphatic carbocycles. The van der Waals surface area contributed by atoms with Crippen molar-refractivity contribution in [1.82, 2.24) is 5.32 Å². The van der Waals surface area contributed by atoms with Gasteiger partial charge in [0, 0.05) is 12.6 Å². The first-order chi connectivity index (χ1) is 8.35. The van der Waals surface area contributed by atoms with Crippen LogP contribution < -0.4 is 5.32 Å². The van der Waals surface area contributed by atoms with Crippen LogP contribution in [0.25, 0.3) is 0 Å². The molecule has 1 unspecified atom stereocenters. The molecule has 0 aliphatic heterocycles. The molecule has 0 aromatic heterocycles. The summed E-state index contributed by atoms with van der Waals surface area (Å²) in [5.74, 6) is 1.50. The topological polar surface area (TPSA) is 12.0 Å². The molecule has 0 heterocycles. The highest BCUT2D eigenvalue weighted by Crippen LogP contribution is 2.30. The molecule has 1 aliphatic rings. The van der Waals surface area contributed by atoms with Crippen molar-refractivity contribution in [2.24, 2.45) is 5.92 Å². The molecule has 1 aromatic rings. The molecule has 2 rings (SSSR count). The highest BCUT2D eigenvalue weighted by Gasteiger charge is 2.25. The molecule has 17 heavy (non-hydrogen) atoms. The Balaban J connectivity index is 2.04. The highest BCUT2D eigenvalue weighted by atomic mass is 14.9. The van der Waals surface area contributed by atoms with Gasteiger partial charge in [0.25, 0.3) is 0 Å². The van der Waals surface area contributed by atoms with Crippen molar-refractivity contribution in [1.29, 1.82) is 0 Å². The monoisotopic (exact) mass is 231 g/mol. The molecule has 94 valence electrons. The Hall–Kier alpha value is -0.820. The van der Waals surface area contributed by atoms with E-state index in [2.05, 4.69) is 49.5 Å². The van der Waals surface area contributed by atoms with E-state index in [0.717, 1.165) is 18.5 Å². The Morgan fingerprint density at radius 3 is 2.29 bits per heavy atom. The van der Waals surface area contributed by atoms with E-state index in [1.54, 1.807) is 0 Å². The lowest BCUT2D eigenvalue weighted by Crippen LogP contribution is -2.27. The summed E-state index contributed by atoms with van der Waals surface area (Å²) in [4.78, 5) is 0. The van der Waals surface area contributed by atoms with Gasteiger partial charge in [0.05, 0.1) is 0 Å². The Labute approximate surface area is 106 Å². The Morgan fingerprint density at radius 1 is 1.12 bits per heavy atom. The molecule has 1 saturated carbocycles. The van der Waals surface area contributed by atoms with Gasteiger partial charge in [-0.25, -0.2) is 0 Å². The molecule has 1 aromatic carbocycles. The average molecular weight is 231 g/mol. The van der Waals surface area contributed by atoms with Gasteiger partial charge in [-0.15, -0.1) is 0 Å². The Bertz CT molecular complexity index is 312. The summed E-state index contributed by atoms with van der Waals surface area (Å²) in [7, 11) is 0. The summed E-state index contributed by atoms with van der Waals surface area (Å²) in [6, 6.07) is 11.8. The van der Waals surface area contributed by atoms with Gasteiger partial charge in [0.2, 0.25) is 0 Å². The van der Waals surface area contributed by atoms with Gasteiger partial charge in [-0.1, -0.05) is 57.0 Å². The van der Waals surface area contributed by atoms with E-state index in [9.17, 15) is 0 Å². The molecular weight excluding hydrogens is 206 g/mol. The fraction of sp³-hybridized carbons (Fsp3) is 0.625. The minimum atomic E-state index is 0.687. The number of benzene rings is 1. The van der Waals surface area contributed by atoms with Crippen molar-refractivity contribution >= 4 is 0 Å². The zero-order valence-electron chi connectivity index (χ0n) is 11.2. The van der Waals surface area contributed by atoms with Gasteiger partial charge < -0.3 is 5.32 Å². The van der Waals surface area contributed by atoms with Gasteiger partial charge in [-0.05, 0) is 30.2 Å². The van der Waals surface area contributed by atoms with Crippen LogP contribution in [0, 0.1) is 5.92 Å². The minimum Gasteiger partial charge on any atom is -0.313 e. The first-order valence-electron chi connectivity index (χ1n) is 7.13. The Kier molecular flexibility index (Phi) is 4.61. The molecule has 1 nitrogen and oxygen atoms in total. The molecule has 0 bridgehead atoms. The van der Waals surface area contributed by atoms with Crippen LogP contribution >= 0.6 is 0 Å². The zero-order valence-corrected chi connectivity index (χ0v) is 11.2. The molecule has 1 fully saturated rings. The first-order valence-corrected chi connectivity index (χ1v) is 7.13.